The van der Waals surface area contributed by atoms with Crippen LogP contribution in [0.15, 0.2) is 64.8 Å². The fourth-order valence-electron chi connectivity index (χ4n) is 1.69. The van der Waals surface area contributed by atoms with Crippen molar-refractivity contribution in [3.05, 3.63) is 59.9 Å². The number of hydrogen-bond donors (Lipinski definition) is 0. The third kappa shape index (κ3) is 2.19. The first-order valence-corrected chi connectivity index (χ1v) is 6.66. The molecule has 2 aromatic carbocycles. The van der Waals surface area contributed by atoms with Crippen LogP contribution in [0, 0.1) is 0 Å². The lowest BCUT2D eigenvalue weighted by atomic mass is 10.2. The van der Waals surface area contributed by atoms with E-state index in [2.05, 4.69) is 9.97 Å². The van der Waals surface area contributed by atoms with Gasteiger partial charge in [0.05, 0.1) is 10.5 Å². The molecule has 0 aliphatic rings. The van der Waals surface area contributed by atoms with Crippen molar-refractivity contribution in [3.8, 4) is 0 Å². The molecule has 4 heteroatoms. The smallest absolute Gasteiger partial charge is 0.117 e. The Hall–Kier alpha value is -1.58. The van der Waals surface area contributed by atoms with Crippen molar-refractivity contribution in [3.63, 3.8) is 0 Å². The van der Waals surface area contributed by atoms with Crippen LogP contribution in [0.3, 0.4) is 0 Å². The lowest BCUT2D eigenvalue weighted by molar-refractivity contribution is 1.10. The Bertz CT molecular complexity index is 695. The normalized spacial score (nSPS) is 10.7. The van der Waals surface area contributed by atoms with Crippen molar-refractivity contribution in [2.45, 2.75) is 9.92 Å². The molecular weight excluding hydrogens is 264 g/mol. The molecule has 1 aromatic heterocycles. The molecule has 0 saturated heterocycles. The average molecular weight is 273 g/mol. The Kier molecular flexibility index (Phi) is 3.17. The molecule has 0 fully saturated rings. The van der Waals surface area contributed by atoms with Gasteiger partial charge in [-0.25, -0.2) is 9.97 Å². The molecule has 0 N–H and O–H groups in total. The zero-order valence-electron chi connectivity index (χ0n) is 9.38. The van der Waals surface area contributed by atoms with E-state index >= 15 is 0 Å². The van der Waals surface area contributed by atoms with Crippen LogP contribution in [-0.4, -0.2) is 9.97 Å². The number of nitrogens with zero attached hydrogens (tertiary/aromatic N) is 2. The second-order valence-electron chi connectivity index (χ2n) is 3.73. The van der Waals surface area contributed by atoms with Crippen LogP contribution in [0.1, 0.15) is 0 Å². The van der Waals surface area contributed by atoms with Crippen molar-refractivity contribution in [2.24, 2.45) is 0 Å². The van der Waals surface area contributed by atoms with Gasteiger partial charge in [-0.2, -0.15) is 0 Å². The predicted octanol–water partition coefficient (Wildman–Crippen LogP) is 4.43. The number of rotatable bonds is 2. The first kappa shape index (κ1) is 11.5. The van der Waals surface area contributed by atoms with Gasteiger partial charge < -0.3 is 0 Å². The summed E-state index contributed by atoms with van der Waals surface area (Å²) in [6.45, 7) is 0. The number of halogens is 1. The van der Waals surface area contributed by atoms with Crippen molar-refractivity contribution < 1.29 is 0 Å². The molecule has 3 aromatic rings. The second-order valence-corrected chi connectivity index (χ2v) is 5.17. The highest BCUT2D eigenvalue weighted by molar-refractivity contribution is 7.99. The van der Waals surface area contributed by atoms with Crippen molar-refractivity contribution in [2.75, 3.05) is 0 Å². The minimum Gasteiger partial charge on any atom is -0.236 e. The van der Waals surface area contributed by atoms with Gasteiger partial charge in [0, 0.05) is 10.3 Å². The summed E-state index contributed by atoms with van der Waals surface area (Å²) in [5, 5.41) is 2.71. The Morgan fingerprint density at radius 1 is 0.889 bits per heavy atom. The maximum atomic E-state index is 6.16. The number of para-hydroxylation sites is 1. The Morgan fingerprint density at radius 2 is 1.67 bits per heavy atom. The molecule has 0 aliphatic heterocycles. The molecule has 0 aliphatic carbocycles. The third-order valence-corrected chi connectivity index (χ3v) is 4.09. The summed E-state index contributed by atoms with van der Waals surface area (Å²) in [4.78, 5) is 9.59. The molecule has 0 spiro atoms. The van der Waals surface area contributed by atoms with Gasteiger partial charge in [-0.1, -0.05) is 53.7 Å². The summed E-state index contributed by atoms with van der Waals surface area (Å²) < 4.78 is 0. The van der Waals surface area contributed by atoms with Gasteiger partial charge >= 0.3 is 0 Å². The van der Waals surface area contributed by atoms with Gasteiger partial charge in [-0.05, 0) is 18.2 Å². The monoisotopic (exact) mass is 272 g/mol. The fraction of sp³-hybridized carbons (Fsp3) is 0. The zero-order chi connectivity index (χ0) is 12.4. The maximum Gasteiger partial charge on any atom is 0.117 e. The summed E-state index contributed by atoms with van der Waals surface area (Å²) in [6, 6.07) is 15.7. The van der Waals surface area contributed by atoms with E-state index in [9.17, 15) is 0 Å². The van der Waals surface area contributed by atoms with Gasteiger partial charge in [0.1, 0.15) is 11.4 Å². The average Bonchev–Trinajstić information content (AvgIpc) is 2.42. The maximum absolute atomic E-state index is 6.16. The predicted molar refractivity (Wildman–Crippen MR) is 75.1 cm³/mol. The molecule has 0 amide bonds. The van der Waals surface area contributed by atoms with Crippen LogP contribution in [0.4, 0.5) is 0 Å². The number of hydrogen-bond acceptors (Lipinski definition) is 3. The lowest BCUT2D eigenvalue weighted by Crippen LogP contribution is -1.86. The number of fused-ring (bicyclic) bond motifs is 1. The van der Waals surface area contributed by atoms with Crippen molar-refractivity contribution in [1.82, 2.24) is 9.97 Å². The molecule has 0 saturated carbocycles. The largest absolute Gasteiger partial charge is 0.236 e. The highest BCUT2D eigenvalue weighted by Crippen LogP contribution is 2.34. The van der Waals surface area contributed by atoms with Gasteiger partial charge in [0.2, 0.25) is 0 Å². The highest BCUT2D eigenvalue weighted by Gasteiger charge is 2.07. The topological polar surface area (TPSA) is 25.8 Å². The molecule has 18 heavy (non-hydrogen) atoms. The minimum absolute atomic E-state index is 0.741. The molecule has 88 valence electrons. The summed E-state index contributed by atoms with van der Waals surface area (Å²) in [5.74, 6) is 0. The van der Waals surface area contributed by atoms with E-state index in [0.717, 1.165) is 25.8 Å². The zero-order valence-corrected chi connectivity index (χ0v) is 10.9. The van der Waals surface area contributed by atoms with Gasteiger partial charge in [-0.3, -0.25) is 0 Å². The van der Waals surface area contributed by atoms with Gasteiger partial charge in [0.25, 0.3) is 0 Å². The van der Waals surface area contributed by atoms with Gasteiger partial charge in [-0.15, -0.1) is 0 Å². The summed E-state index contributed by atoms with van der Waals surface area (Å²) in [7, 11) is 0. The fourth-order valence-corrected chi connectivity index (χ4v) is 2.85. The third-order valence-electron chi connectivity index (χ3n) is 2.55. The molecular formula is C14H9ClN2S. The summed E-state index contributed by atoms with van der Waals surface area (Å²) in [5.41, 5.74) is 0.946. The van der Waals surface area contributed by atoms with E-state index in [1.807, 2.05) is 48.5 Å². The SMILES string of the molecule is Clc1ccccc1Sc1ncnc2ccccc12. The standard InChI is InChI=1S/C14H9ClN2S/c15-11-6-2-4-8-13(11)18-14-10-5-1-3-7-12(10)16-9-17-14/h1-9H. The molecule has 0 radical (unpaired) electrons. The first-order valence-electron chi connectivity index (χ1n) is 5.47. The number of aromatic nitrogens is 2. The van der Waals surface area contributed by atoms with Crippen LogP contribution < -0.4 is 0 Å². The van der Waals surface area contributed by atoms with Crippen LogP contribution in [0.5, 0.6) is 0 Å². The van der Waals surface area contributed by atoms with Gasteiger partial charge in [0.15, 0.2) is 0 Å². The Balaban J connectivity index is 2.08. The van der Waals surface area contributed by atoms with Crippen molar-refractivity contribution in [1.29, 1.82) is 0 Å². The second kappa shape index (κ2) is 4.96. The van der Waals surface area contributed by atoms with E-state index < -0.39 is 0 Å². The molecule has 3 rings (SSSR count). The molecule has 2 nitrogen and oxygen atoms in total. The summed E-state index contributed by atoms with van der Waals surface area (Å²) in [6.07, 6.45) is 1.58. The first-order chi connectivity index (χ1) is 8.84. The van der Waals surface area contributed by atoms with E-state index in [0.29, 0.717) is 0 Å². The van der Waals surface area contributed by atoms with E-state index in [-0.39, 0.29) is 0 Å². The number of benzene rings is 2. The summed E-state index contributed by atoms with van der Waals surface area (Å²) >= 11 is 7.72. The molecule has 0 unspecified atom stereocenters. The lowest BCUT2D eigenvalue weighted by Gasteiger charge is -2.05. The van der Waals surface area contributed by atoms with Crippen LogP contribution in [0.25, 0.3) is 10.9 Å². The Morgan fingerprint density at radius 3 is 2.56 bits per heavy atom. The highest BCUT2D eigenvalue weighted by atomic mass is 35.5. The van der Waals surface area contributed by atoms with E-state index in [4.69, 9.17) is 11.6 Å². The molecule has 0 atom stereocenters. The van der Waals surface area contributed by atoms with E-state index in [1.54, 1.807) is 18.1 Å². The molecule has 0 bridgehead atoms. The van der Waals surface area contributed by atoms with Crippen LogP contribution >= 0.6 is 23.4 Å². The Labute approximate surface area is 114 Å². The quantitative estimate of drug-likeness (QED) is 0.645. The van der Waals surface area contributed by atoms with Crippen LogP contribution in [-0.2, 0) is 0 Å². The molecule has 1 heterocycles. The van der Waals surface area contributed by atoms with E-state index in [1.165, 1.54) is 0 Å². The minimum atomic E-state index is 0.741. The van der Waals surface area contributed by atoms with Crippen LogP contribution in [0.2, 0.25) is 5.02 Å². The van der Waals surface area contributed by atoms with Crippen molar-refractivity contribution >= 4 is 34.3 Å².